The molecule has 0 saturated carbocycles. The summed E-state index contributed by atoms with van der Waals surface area (Å²) >= 11 is 5.74. The molecule has 1 N–H and O–H groups in total. The lowest BCUT2D eigenvalue weighted by atomic mass is 10.1. The zero-order valence-electron chi connectivity index (χ0n) is 9.47. The van der Waals surface area contributed by atoms with Gasteiger partial charge in [-0.15, -0.1) is 0 Å². The van der Waals surface area contributed by atoms with Crippen LogP contribution < -0.4 is 5.32 Å². The lowest BCUT2D eigenvalue weighted by Gasteiger charge is -2.23. The maximum absolute atomic E-state index is 5.74. The Labute approximate surface area is 95.0 Å². The maximum Gasteiger partial charge on any atom is 0.224 e. The van der Waals surface area contributed by atoms with Crippen LogP contribution in [-0.2, 0) is 4.74 Å². The number of rotatable bonds is 4. The number of anilines is 1. The van der Waals surface area contributed by atoms with E-state index in [1.807, 2.05) is 26.8 Å². The highest BCUT2D eigenvalue weighted by Gasteiger charge is 2.16. The van der Waals surface area contributed by atoms with Gasteiger partial charge in [-0.25, -0.2) is 9.97 Å². The molecule has 0 amide bonds. The highest BCUT2D eigenvalue weighted by molar-refractivity contribution is 6.28. The van der Waals surface area contributed by atoms with Gasteiger partial charge in [0.1, 0.15) is 5.82 Å². The normalized spacial score (nSPS) is 11.5. The predicted molar refractivity (Wildman–Crippen MR) is 61.4 cm³/mol. The molecule has 4 nitrogen and oxygen atoms in total. The molecule has 0 bridgehead atoms. The molecule has 5 heteroatoms. The number of nitrogens with zero attached hydrogens (tertiary/aromatic N) is 2. The zero-order chi connectivity index (χ0) is 11.5. The van der Waals surface area contributed by atoms with Crippen molar-refractivity contribution in [2.45, 2.75) is 26.4 Å². The molecule has 0 aliphatic rings. The first-order chi connectivity index (χ1) is 6.93. The number of ether oxygens (including phenoxy) is 1. The lowest BCUT2D eigenvalue weighted by molar-refractivity contribution is 0.0343. The van der Waals surface area contributed by atoms with Gasteiger partial charge in [0.05, 0.1) is 5.60 Å². The molecule has 0 spiro atoms. The second kappa shape index (κ2) is 4.77. The number of halogens is 1. The van der Waals surface area contributed by atoms with Crippen LogP contribution in [0.25, 0.3) is 0 Å². The summed E-state index contributed by atoms with van der Waals surface area (Å²) in [6, 6.07) is 1.84. The van der Waals surface area contributed by atoms with E-state index in [0.29, 0.717) is 6.54 Å². The molecule has 0 fully saturated rings. The molecule has 1 heterocycles. The monoisotopic (exact) mass is 229 g/mol. The third-order valence-electron chi connectivity index (χ3n) is 2.07. The molecule has 0 unspecified atom stereocenters. The number of nitrogens with one attached hydrogen (secondary N) is 1. The first-order valence-corrected chi connectivity index (χ1v) is 5.11. The minimum absolute atomic E-state index is 0.231. The van der Waals surface area contributed by atoms with Crippen LogP contribution in [-0.4, -0.2) is 29.2 Å². The minimum atomic E-state index is -0.231. The Hall–Kier alpha value is -0.870. The molecule has 15 heavy (non-hydrogen) atoms. The Bertz CT molecular complexity index is 321. The van der Waals surface area contributed by atoms with Gasteiger partial charge in [0.2, 0.25) is 5.28 Å². The van der Waals surface area contributed by atoms with Crippen LogP contribution >= 0.6 is 11.6 Å². The third-order valence-corrected chi connectivity index (χ3v) is 2.24. The molecular weight excluding hydrogens is 214 g/mol. The Morgan fingerprint density at radius 3 is 2.67 bits per heavy atom. The Kier molecular flexibility index (Phi) is 3.88. The fourth-order valence-corrected chi connectivity index (χ4v) is 1.22. The number of hydrogen-bond donors (Lipinski definition) is 1. The Morgan fingerprint density at radius 1 is 1.47 bits per heavy atom. The molecule has 0 aliphatic heterocycles. The summed E-state index contributed by atoms with van der Waals surface area (Å²) < 4.78 is 5.28. The maximum atomic E-state index is 5.74. The van der Waals surface area contributed by atoms with Gasteiger partial charge in [-0.2, -0.15) is 0 Å². The lowest BCUT2D eigenvalue weighted by Crippen LogP contribution is -2.32. The quantitative estimate of drug-likeness (QED) is 0.805. The second-order valence-corrected chi connectivity index (χ2v) is 4.32. The number of methoxy groups -OCH3 is 1. The van der Waals surface area contributed by atoms with E-state index in [4.69, 9.17) is 16.3 Å². The minimum Gasteiger partial charge on any atom is -0.377 e. The fraction of sp³-hybridized carbons (Fsp3) is 0.600. The summed E-state index contributed by atoms with van der Waals surface area (Å²) in [4.78, 5) is 8.04. The van der Waals surface area contributed by atoms with Gasteiger partial charge in [-0.3, -0.25) is 0 Å². The summed E-state index contributed by atoms with van der Waals surface area (Å²) in [6.45, 7) is 6.53. The van der Waals surface area contributed by atoms with E-state index in [1.54, 1.807) is 7.11 Å². The van der Waals surface area contributed by atoms with Crippen LogP contribution in [0.15, 0.2) is 6.07 Å². The summed E-state index contributed by atoms with van der Waals surface area (Å²) in [5, 5.41) is 3.41. The van der Waals surface area contributed by atoms with E-state index in [-0.39, 0.29) is 10.9 Å². The van der Waals surface area contributed by atoms with Crippen LogP contribution in [0, 0.1) is 6.92 Å². The van der Waals surface area contributed by atoms with Crippen molar-refractivity contribution in [1.82, 2.24) is 9.97 Å². The molecule has 0 aliphatic carbocycles. The summed E-state index contributed by atoms with van der Waals surface area (Å²) in [6.07, 6.45) is 0. The van der Waals surface area contributed by atoms with Crippen molar-refractivity contribution < 1.29 is 4.74 Å². The van der Waals surface area contributed by atoms with Crippen molar-refractivity contribution >= 4 is 17.4 Å². The summed E-state index contributed by atoms with van der Waals surface area (Å²) in [5.41, 5.74) is 0.610. The van der Waals surface area contributed by atoms with E-state index in [9.17, 15) is 0 Å². The van der Waals surface area contributed by atoms with Crippen LogP contribution in [0.2, 0.25) is 5.28 Å². The first kappa shape index (κ1) is 12.2. The van der Waals surface area contributed by atoms with E-state index in [1.165, 1.54) is 0 Å². The Morgan fingerprint density at radius 2 is 2.13 bits per heavy atom. The number of aromatic nitrogens is 2. The second-order valence-electron chi connectivity index (χ2n) is 3.98. The van der Waals surface area contributed by atoms with Gasteiger partial charge in [0.25, 0.3) is 0 Å². The molecule has 1 rings (SSSR count). The summed E-state index contributed by atoms with van der Waals surface area (Å²) in [5.74, 6) is 0.720. The van der Waals surface area contributed by atoms with Crippen LogP contribution in [0.1, 0.15) is 19.5 Å². The molecule has 1 aromatic heterocycles. The van der Waals surface area contributed by atoms with Gasteiger partial charge in [0.15, 0.2) is 0 Å². The standard InChI is InChI=1S/C10H16ClN3O/c1-7-5-8(14-9(11)13-7)12-6-10(2,3)15-4/h5H,6H2,1-4H3,(H,12,13,14). The van der Waals surface area contributed by atoms with Crippen molar-refractivity contribution in [1.29, 1.82) is 0 Å². The van der Waals surface area contributed by atoms with Gasteiger partial charge >= 0.3 is 0 Å². The van der Waals surface area contributed by atoms with Crippen molar-refractivity contribution in [3.8, 4) is 0 Å². The van der Waals surface area contributed by atoms with Crippen molar-refractivity contribution in [2.75, 3.05) is 19.0 Å². The van der Waals surface area contributed by atoms with E-state index in [2.05, 4.69) is 15.3 Å². The van der Waals surface area contributed by atoms with E-state index in [0.717, 1.165) is 11.5 Å². The first-order valence-electron chi connectivity index (χ1n) is 4.73. The van der Waals surface area contributed by atoms with Crippen LogP contribution in [0.5, 0.6) is 0 Å². The van der Waals surface area contributed by atoms with Gasteiger partial charge in [0, 0.05) is 25.4 Å². The molecule has 0 aromatic carbocycles. The molecule has 0 saturated heterocycles. The van der Waals surface area contributed by atoms with E-state index >= 15 is 0 Å². The van der Waals surface area contributed by atoms with Crippen LogP contribution in [0.3, 0.4) is 0 Å². The van der Waals surface area contributed by atoms with E-state index < -0.39 is 0 Å². The largest absolute Gasteiger partial charge is 0.377 e. The average Bonchev–Trinajstić information content (AvgIpc) is 2.14. The zero-order valence-corrected chi connectivity index (χ0v) is 10.2. The van der Waals surface area contributed by atoms with Crippen LogP contribution in [0.4, 0.5) is 5.82 Å². The average molecular weight is 230 g/mol. The SMILES string of the molecule is COC(C)(C)CNc1cc(C)nc(Cl)n1. The van der Waals surface area contributed by atoms with Gasteiger partial charge < -0.3 is 10.1 Å². The van der Waals surface area contributed by atoms with Gasteiger partial charge in [-0.1, -0.05) is 0 Å². The van der Waals surface area contributed by atoms with Crippen molar-refractivity contribution in [3.05, 3.63) is 17.0 Å². The van der Waals surface area contributed by atoms with Gasteiger partial charge in [-0.05, 0) is 32.4 Å². The molecule has 0 atom stereocenters. The third kappa shape index (κ3) is 4.01. The highest BCUT2D eigenvalue weighted by atomic mass is 35.5. The number of aryl methyl sites for hydroxylation is 1. The number of hydrogen-bond acceptors (Lipinski definition) is 4. The highest BCUT2D eigenvalue weighted by Crippen LogP contribution is 2.12. The predicted octanol–water partition coefficient (Wildman–Crippen LogP) is 2.28. The fourth-order valence-electron chi connectivity index (χ4n) is 0.998. The topological polar surface area (TPSA) is 47.0 Å². The summed E-state index contributed by atoms with van der Waals surface area (Å²) in [7, 11) is 1.68. The molecule has 84 valence electrons. The van der Waals surface area contributed by atoms with Crippen molar-refractivity contribution in [3.63, 3.8) is 0 Å². The Balaban J connectivity index is 2.65. The smallest absolute Gasteiger partial charge is 0.224 e. The molecule has 0 radical (unpaired) electrons. The molecular formula is C10H16ClN3O. The van der Waals surface area contributed by atoms with Crippen molar-refractivity contribution in [2.24, 2.45) is 0 Å². The molecule has 1 aromatic rings.